The zero-order chi connectivity index (χ0) is 18.4. The molecule has 0 aromatic heterocycles. The molecule has 2 rings (SSSR count). The molecule has 0 spiro atoms. The molecular formula is C19H26O6. The number of hydrogen-bond acceptors (Lipinski definition) is 6. The van der Waals surface area contributed by atoms with Gasteiger partial charge in [-0.3, -0.25) is 4.79 Å². The summed E-state index contributed by atoms with van der Waals surface area (Å²) in [7, 11) is 0. The van der Waals surface area contributed by atoms with Crippen LogP contribution in [-0.4, -0.2) is 48.1 Å². The third-order valence-corrected chi connectivity index (χ3v) is 4.72. The molecule has 1 saturated heterocycles. The van der Waals surface area contributed by atoms with Crippen molar-refractivity contribution < 1.29 is 29.3 Å². The van der Waals surface area contributed by atoms with Crippen LogP contribution in [0, 0.1) is 11.8 Å². The molecular weight excluding hydrogens is 324 g/mol. The SMILES string of the molecule is C=C1C(=O)O[C@H]2C/C(CO)=C\CC/C(COC(=O)C(C)CO)=C\C[C@H]12. The van der Waals surface area contributed by atoms with Crippen molar-refractivity contribution in [2.75, 3.05) is 19.8 Å². The van der Waals surface area contributed by atoms with Gasteiger partial charge in [-0.05, 0) is 37.3 Å². The third-order valence-electron chi connectivity index (χ3n) is 4.72. The van der Waals surface area contributed by atoms with Crippen LogP contribution in [0.4, 0.5) is 0 Å². The van der Waals surface area contributed by atoms with E-state index < -0.39 is 11.9 Å². The van der Waals surface area contributed by atoms with Crippen LogP contribution < -0.4 is 0 Å². The number of rotatable bonds is 5. The van der Waals surface area contributed by atoms with Crippen LogP contribution in [0.5, 0.6) is 0 Å². The second kappa shape index (κ2) is 8.97. The molecule has 0 amide bonds. The molecule has 2 aliphatic rings. The Morgan fingerprint density at radius 1 is 1.40 bits per heavy atom. The quantitative estimate of drug-likeness (QED) is 0.445. The second-order valence-electron chi connectivity index (χ2n) is 6.63. The van der Waals surface area contributed by atoms with Gasteiger partial charge in [0.2, 0.25) is 0 Å². The largest absolute Gasteiger partial charge is 0.461 e. The number of aliphatic hydroxyl groups is 2. The fourth-order valence-electron chi connectivity index (χ4n) is 2.99. The first-order valence-electron chi connectivity index (χ1n) is 8.60. The number of aliphatic hydroxyl groups excluding tert-OH is 2. The molecule has 1 aliphatic carbocycles. The van der Waals surface area contributed by atoms with E-state index >= 15 is 0 Å². The van der Waals surface area contributed by atoms with Crippen molar-refractivity contribution >= 4 is 11.9 Å². The Hall–Kier alpha value is -1.92. The van der Waals surface area contributed by atoms with Crippen LogP contribution in [0.3, 0.4) is 0 Å². The highest BCUT2D eigenvalue weighted by Crippen LogP contribution is 2.34. The van der Waals surface area contributed by atoms with Crippen LogP contribution >= 0.6 is 0 Å². The van der Waals surface area contributed by atoms with Gasteiger partial charge >= 0.3 is 11.9 Å². The van der Waals surface area contributed by atoms with Crippen molar-refractivity contribution in [3.8, 4) is 0 Å². The van der Waals surface area contributed by atoms with Gasteiger partial charge < -0.3 is 19.7 Å². The standard InChI is InChI=1S/C19H26O6/c1-12(9-20)18(22)24-11-14-4-3-5-15(10-21)8-17-16(7-6-14)13(2)19(23)25-17/h5-6,12,16-17,20-21H,2-4,7-11H2,1H3/b14-6+,15-5+/t12?,16-,17+/m1/s1. The highest BCUT2D eigenvalue weighted by Gasteiger charge is 2.38. The van der Waals surface area contributed by atoms with Crippen LogP contribution in [0.25, 0.3) is 0 Å². The van der Waals surface area contributed by atoms with Gasteiger partial charge in [0.15, 0.2) is 0 Å². The molecule has 0 saturated carbocycles. The monoisotopic (exact) mass is 350 g/mol. The average molecular weight is 350 g/mol. The lowest BCUT2D eigenvalue weighted by Crippen LogP contribution is -2.20. The normalized spacial score (nSPS) is 29.6. The lowest BCUT2D eigenvalue weighted by Gasteiger charge is -2.20. The van der Waals surface area contributed by atoms with Crippen molar-refractivity contribution in [1.29, 1.82) is 0 Å². The van der Waals surface area contributed by atoms with E-state index in [-0.39, 0.29) is 37.8 Å². The number of ether oxygens (including phenoxy) is 2. The summed E-state index contributed by atoms with van der Waals surface area (Å²) in [4.78, 5) is 23.6. The Kier molecular flexibility index (Phi) is 6.96. The van der Waals surface area contributed by atoms with Crippen LogP contribution in [-0.2, 0) is 19.1 Å². The zero-order valence-corrected chi connectivity index (χ0v) is 14.6. The smallest absolute Gasteiger partial charge is 0.334 e. The lowest BCUT2D eigenvalue weighted by atomic mass is 9.87. The van der Waals surface area contributed by atoms with Crippen LogP contribution in [0.2, 0.25) is 0 Å². The molecule has 1 heterocycles. The highest BCUT2D eigenvalue weighted by atomic mass is 16.6. The van der Waals surface area contributed by atoms with E-state index in [4.69, 9.17) is 14.6 Å². The van der Waals surface area contributed by atoms with E-state index in [1.165, 1.54) is 0 Å². The van der Waals surface area contributed by atoms with Crippen LogP contribution in [0.15, 0.2) is 35.5 Å². The number of fused-ring (bicyclic) bond motifs is 1. The van der Waals surface area contributed by atoms with E-state index in [1.54, 1.807) is 6.92 Å². The Bertz CT molecular complexity index is 589. The molecule has 138 valence electrons. The van der Waals surface area contributed by atoms with Gasteiger partial charge in [-0.1, -0.05) is 18.7 Å². The molecule has 0 aromatic rings. The first-order chi connectivity index (χ1) is 12.0. The number of carbonyl (C=O) groups excluding carboxylic acids is 2. The summed E-state index contributed by atoms with van der Waals surface area (Å²) in [6.45, 7) is 5.28. The summed E-state index contributed by atoms with van der Waals surface area (Å²) in [5, 5.41) is 18.5. The minimum Gasteiger partial charge on any atom is -0.461 e. The Labute approximate surface area is 147 Å². The van der Waals surface area contributed by atoms with E-state index in [2.05, 4.69) is 6.58 Å². The average Bonchev–Trinajstić information content (AvgIpc) is 2.88. The van der Waals surface area contributed by atoms with Gasteiger partial charge in [-0.15, -0.1) is 0 Å². The molecule has 1 aliphatic heterocycles. The Morgan fingerprint density at radius 2 is 2.16 bits per heavy atom. The minimum atomic E-state index is -0.550. The molecule has 6 nitrogen and oxygen atoms in total. The molecule has 1 unspecified atom stereocenters. The predicted octanol–water partition coefficient (Wildman–Crippen LogP) is 1.67. The number of esters is 2. The van der Waals surface area contributed by atoms with Gasteiger partial charge in [-0.2, -0.15) is 0 Å². The summed E-state index contributed by atoms with van der Waals surface area (Å²) in [5.74, 6) is -1.51. The predicted molar refractivity (Wildman–Crippen MR) is 91.4 cm³/mol. The van der Waals surface area contributed by atoms with Gasteiger partial charge in [0, 0.05) is 17.9 Å². The van der Waals surface area contributed by atoms with Crippen molar-refractivity contribution in [2.24, 2.45) is 11.8 Å². The van der Waals surface area contributed by atoms with E-state index in [0.717, 1.165) is 11.1 Å². The topological polar surface area (TPSA) is 93.1 Å². The lowest BCUT2D eigenvalue weighted by molar-refractivity contribution is -0.148. The van der Waals surface area contributed by atoms with Crippen LogP contribution in [0.1, 0.15) is 32.6 Å². The number of allylic oxidation sites excluding steroid dienone is 2. The molecule has 1 fully saturated rings. The summed E-state index contributed by atoms with van der Waals surface area (Å²) in [6, 6.07) is 0. The second-order valence-corrected chi connectivity index (χ2v) is 6.63. The summed E-state index contributed by atoms with van der Waals surface area (Å²) >= 11 is 0. The Balaban J connectivity index is 2.11. The third kappa shape index (κ3) is 5.03. The summed E-state index contributed by atoms with van der Waals surface area (Å²) in [5.41, 5.74) is 2.23. The van der Waals surface area contributed by atoms with E-state index in [1.807, 2.05) is 12.2 Å². The maximum Gasteiger partial charge on any atom is 0.334 e. The maximum atomic E-state index is 11.8. The molecule has 6 heteroatoms. The van der Waals surface area contributed by atoms with Gasteiger partial charge in [-0.25, -0.2) is 4.79 Å². The Morgan fingerprint density at radius 3 is 2.84 bits per heavy atom. The zero-order valence-electron chi connectivity index (χ0n) is 14.6. The molecule has 2 N–H and O–H groups in total. The van der Waals surface area contributed by atoms with E-state index in [0.29, 0.717) is 31.3 Å². The first-order valence-corrected chi connectivity index (χ1v) is 8.60. The van der Waals surface area contributed by atoms with Crippen molar-refractivity contribution in [2.45, 2.75) is 38.7 Å². The molecule has 0 bridgehead atoms. The fraction of sp³-hybridized carbons (Fsp3) is 0.579. The number of carbonyl (C=O) groups is 2. The van der Waals surface area contributed by atoms with Gasteiger partial charge in [0.25, 0.3) is 0 Å². The molecule has 25 heavy (non-hydrogen) atoms. The fourth-order valence-corrected chi connectivity index (χ4v) is 2.99. The minimum absolute atomic E-state index is 0.0741. The summed E-state index contributed by atoms with van der Waals surface area (Å²) in [6.07, 6.45) is 6.12. The van der Waals surface area contributed by atoms with Gasteiger partial charge in [0.1, 0.15) is 12.7 Å². The van der Waals surface area contributed by atoms with Gasteiger partial charge in [0.05, 0.1) is 19.1 Å². The maximum absolute atomic E-state index is 11.8. The first kappa shape index (κ1) is 19.4. The molecule has 0 aromatic carbocycles. The molecule has 0 radical (unpaired) electrons. The molecule has 3 atom stereocenters. The van der Waals surface area contributed by atoms with E-state index in [9.17, 15) is 14.7 Å². The van der Waals surface area contributed by atoms with Crippen molar-refractivity contribution in [3.05, 3.63) is 35.5 Å². The van der Waals surface area contributed by atoms with Crippen molar-refractivity contribution in [3.63, 3.8) is 0 Å². The number of hydrogen-bond donors (Lipinski definition) is 2. The highest BCUT2D eigenvalue weighted by molar-refractivity contribution is 5.90. The summed E-state index contributed by atoms with van der Waals surface area (Å²) < 4.78 is 10.6. The van der Waals surface area contributed by atoms with Crippen molar-refractivity contribution in [1.82, 2.24) is 0 Å².